The van der Waals surface area contributed by atoms with Crippen molar-refractivity contribution < 1.29 is 29.4 Å². The van der Waals surface area contributed by atoms with Crippen LogP contribution in [-0.2, 0) is 25.6 Å². The third kappa shape index (κ3) is 10.7. The Morgan fingerprint density at radius 3 is 2.32 bits per heavy atom. The van der Waals surface area contributed by atoms with Crippen LogP contribution in [0, 0.1) is 46.8 Å². The van der Waals surface area contributed by atoms with Crippen LogP contribution in [0.4, 0.5) is 5.69 Å². The Labute approximate surface area is 334 Å². The molecule has 11 atom stereocenters. The molecule has 1 heterocycles. The highest BCUT2D eigenvalue weighted by molar-refractivity contribution is 5.90. The van der Waals surface area contributed by atoms with Gasteiger partial charge in [0.2, 0.25) is 5.91 Å². The predicted molar refractivity (Wildman–Crippen MR) is 218 cm³/mol. The van der Waals surface area contributed by atoms with Gasteiger partial charge >= 0.3 is 5.97 Å². The molecule has 1 saturated heterocycles. The van der Waals surface area contributed by atoms with Crippen LogP contribution in [0.25, 0.3) is 0 Å². The van der Waals surface area contributed by atoms with Gasteiger partial charge in [0.15, 0.2) is 0 Å². The Balaban J connectivity index is 0.980. The van der Waals surface area contributed by atoms with Crippen molar-refractivity contribution in [2.24, 2.45) is 52.6 Å². The van der Waals surface area contributed by atoms with E-state index in [0.29, 0.717) is 112 Å². The summed E-state index contributed by atoms with van der Waals surface area (Å²) < 4.78 is 0. The van der Waals surface area contributed by atoms with Crippen LogP contribution >= 0.6 is 0 Å². The Hall–Kier alpha value is -2.74. The van der Waals surface area contributed by atoms with E-state index in [2.05, 4.69) is 34.3 Å². The zero-order valence-corrected chi connectivity index (χ0v) is 34.0. The Morgan fingerprint density at radius 1 is 0.929 bits per heavy atom. The van der Waals surface area contributed by atoms with Gasteiger partial charge in [-0.25, -0.2) is 0 Å². The van der Waals surface area contributed by atoms with Gasteiger partial charge in [0.25, 0.3) is 0 Å². The number of aliphatic hydroxyl groups is 1. The maximum Gasteiger partial charge on any atom is 0.317 e. The first-order valence-corrected chi connectivity index (χ1v) is 21.8. The summed E-state index contributed by atoms with van der Waals surface area (Å²) in [6.45, 7) is 10.00. The number of carbonyl (C=O) groups is 4. The molecule has 312 valence electrons. The largest absolute Gasteiger partial charge is 0.480 e. The number of fused-ring (bicyclic) bond motifs is 5. The number of carboxylic acids is 1. The molecule has 1 aromatic rings. The fraction of sp³-hybridized carbons (Fsp3) is 0.773. The third-order valence-electron chi connectivity index (χ3n) is 15.2. The molecule has 0 radical (unpaired) electrons. The van der Waals surface area contributed by atoms with E-state index < -0.39 is 5.97 Å². The van der Waals surface area contributed by atoms with E-state index in [9.17, 15) is 29.4 Å². The Morgan fingerprint density at radius 2 is 1.62 bits per heavy atom. The number of aliphatic hydroxyl groups excluding tert-OH is 1. The second-order valence-corrected chi connectivity index (χ2v) is 18.5. The molecular weight excluding hydrogens is 709 g/mol. The molecule has 6 N–H and O–H groups in total. The topological polar surface area (TPSA) is 169 Å². The van der Waals surface area contributed by atoms with E-state index in [1.807, 2.05) is 29.2 Å². The molecule has 4 saturated carbocycles. The molecule has 1 amide bonds. The van der Waals surface area contributed by atoms with Gasteiger partial charge < -0.3 is 36.2 Å². The van der Waals surface area contributed by atoms with Crippen molar-refractivity contribution in [2.45, 2.75) is 103 Å². The second-order valence-electron chi connectivity index (χ2n) is 18.5. The fourth-order valence-electron chi connectivity index (χ4n) is 12.2. The van der Waals surface area contributed by atoms with Crippen LogP contribution in [0.3, 0.4) is 0 Å². The minimum absolute atomic E-state index is 0.0203. The van der Waals surface area contributed by atoms with Gasteiger partial charge in [0.05, 0.1) is 25.7 Å². The SMILES string of the molecule is CC(CCC(=O)Nc1ccc(CC(CN2CCN(CC=O)CCN(CC(=O)O)CC2)NCC=O)cc1)[C@H]1CCC2C3C(CC[C@@H]21)[C@@]1(C)CCC(N)C[C@H]1C[C@H]3O. The number of nitrogens with zero attached hydrogens (tertiary/aromatic N) is 3. The lowest BCUT2D eigenvalue weighted by molar-refractivity contribution is -0.148. The van der Waals surface area contributed by atoms with Crippen LogP contribution < -0.4 is 16.4 Å². The number of aldehydes is 2. The molecule has 1 aliphatic heterocycles. The van der Waals surface area contributed by atoms with E-state index in [4.69, 9.17) is 5.73 Å². The van der Waals surface area contributed by atoms with Crippen LogP contribution in [0.5, 0.6) is 0 Å². The lowest BCUT2D eigenvalue weighted by Crippen LogP contribution is -2.57. The highest BCUT2D eigenvalue weighted by Gasteiger charge is 2.59. The third-order valence-corrected chi connectivity index (χ3v) is 15.2. The van der Waals surface area contributed by atoms with Crippen molar-refractivity contribution in [1.29, 1.82) is 0 Å². The number of nitrogens with one attached hydrogen (secondary N) is 2. The molecule has 12 nitrogen and oxygen atoms in total. The summed E-state index contributed by atoms with van der Waals surface area (Å²) in [6.07, 6.45) is 12.8. The van der Waals surface area contributed by atoms with Gasteiger partial charge in [-0.15, -0.1) is 0 Å². The van der Waals surface area contributed by atoms with Crippen LogP contribution in [0.1, 0.15) is 83.6 Å². The van der Waals surface area contributed by atoms with E-state index >= 15 is 0 Å². The van der Waals surface area contributed by atoms with E-state index in [1.54, 1.807) is 0 Å². The van der Waals surface area contributed by atoms with E-state index in [0.717, 1.165) is 56.1 Å². The lowest BCUT2D eigenvalue weighted by Gasteiger charge is -2.60. The zero-order chi connectivity index (χ0) is 39.8. The molecule has 6 rings (SSSR count). The summed E-state index contributed by atoms with van der Waals surface area (Å²) >= 11 is 0. The minimum atomic E-state index is -0.864. The molecule has 4 aliphatic carbocycles. The van der Waals surface area contributed by atoms with Crippen molar-refractivity contribution in [3.8, 4) is 0 Å². The molecule has 0 bridgehead atoms. The van der Waals surface area contributed by atoms with Crippen molar-refractivity contribution >= 4 is 30.1 Å². The molecule has 6 unspecified atom stereocenters. The number of rotatable bonds is 16. The molecule has 0 spiro atoms. The number of carboxylic acid groups (broad SMARTS) is 1. The average Bonchev–Trinajstić information content (AvgIpc) is 3.64. The molecule has 56 heavy (non-hydrogen) atoms. The first-order valence-electron chi connectivity index (χ1n) is 21.8. The number of aliphatic carboxylic acids is 1. The van der Waals surface area contributed by atoms with Crippen LogP contribution in [-0.4, -0.2) is 133 Å². The van der Waals surface area contributed by atoms with Crippen molar-refractivity contribution in [1.82, 2.24) is 20.0 Å². The lowest BCUT2D eigenvalue weighted by atomic mass is 9.46. The average molecular weight is 779 g/mol. The van der Waals surface area contributed by atoms with Gasteiger partial charge in [-0.2, -0.15) is 0 Å². The quantitative estimate of drug-likeness (QED) is 0.156. The summed E-state index contributed by atoms with van der Waals surface area (Å²) in [6, 6.07) is 8.25. The smallest absolute Gasteiger partial charge is 0.317 e. The summed E-state index contributed by atoms with van der Waals surface area (Å²) in [5, 5.41) is 27.4. The number of amides is 1. The minimum Gasteiger partial charge on any atom is -0.480 e. The zero-order valence-electron chi connectivity index (χ0n) is 34.0. The first-order chi connectivity index (χ1) is 27.0. The number of carbonyl (C=O) groups excluding carboxylic acids is 3. The predicted octanol–water partition coefficient (Wildman–Crippen LogP) is 3.51. The monoisotopic (exact) mass is 779 g/mol. The summed E-state index contributed by atoms with van der Waals surface area (Å²) in [7, 11) is 0. The number of anilines is 1. The van der Waals surface area contributed by atoms with Gasteiger partial charge in [-0.1, -0.05) is 26.0 Å². The Bertz CT molecular complexity index is 1460. The maximum absolute atomic E-state index is 13.2. The standard InChI is InChI=1S/C44H70N6O6/c1-30(36-8-9-38-37(36)10-11-39-43(38)40(53)27-32-26-33(45)13-14-44(32,39)2)3-12-41(54)47-34-6-4-31(5-7-34)25-35(46-15-23-51)28-49-18-16-48(22-24-52)17-19-50(21-20-49)29-42(55)56/h4-7,23-24,30,32-33,35-40,43,46,53H,3,8-22,25-29,45H2,1-2H3,(H,47,54)(H,55,56)/t30?,32-,33?,35?,36+,37+,38?,39?,40+,43?,44-/m0/s1. The maximum atomic E-state index is 13.2. The van der Waals surface area contributed by atoms with Gasteiger partial charge in [0, 0.05) is 70.0 Å². The highest BCUT2D eigenvalue weighted by Crippen LogP contribution is 2.64. The van der Waals surface area contributed by atoms with Crippen molar-refractivity contribution in [3.05, 3.63) is 29.8 Å². The molecular formula is C44H70N6O6. The number of nitrogens with two attached hydrogens (primary N) is 1. The molecule has 12 heteroatoms. The molecule has 5 fully saturated rings. The molecule has 0 aromatic heterocycles. The number of benzene rings is 1. The van der Waals surface area contributed by atoms with E-state index in [1.165, 1.54) is 32.1 Å². The molecule has 5 aliphatic rings. The highest BCUT2D eigenvalue weighted by atomic mass is 16.4. The fourth-order valence-corrected chi connectivity index (χ4v) is 12.2. The van der Waals surface area contributed by atoms with E-state index in [-0.39, 0.29) is 31.1 Å². The summed E-state index contributed by atoms with van der Waals surface area (Å²) in [4.78, 5) is 53.5. The number of hydrogen-bond acceptors (Lipinski definition) is 10. The first kappa shape index (κ1) is 42.9. The van der Waals surface area contributed by atoms with Gasteiger partial charge in [0.1, 0.15) is 12.6 Å². The van der Waals surface area contributed by atoms with Crippen molar-refractivity contribution in [3.63, 3.8) is 0 Å². The molecule has 1 aromatic carbocycles. The normalized spacial score (nSPS) is 34.1. The van der Waals surface area contributed by atoms with Crippen LogP contribution in [0.15, 0.2) is 24.3 Å². The van der Waals surface area contributed by atoms with Crippen LogP contribution in [0.2, 0.25) is 0 Å². The number of hydrogen-bond donors (Lipinski definition) is 5. The second kappa shape index (κ2) is 19.8. The van der Waals surface area contributed by atoms with Gasteiger partial charge in [-0.05, 0) is 129 Å². The Kier molecular flexibility index (Phi) is 15.2. The summed E-state index contributed by atoms with van der Waals surface area (Å²) in [5.74, 6) is 3.12. The van der Waals surface area contributed by atoms with Crippen molar-refractivity contribution in [2.75, 3.05) is 70.8 Å². The summed E-state index contributed by atoms with van der Waals surface area (Å²) in [5.41, 5.74) is 8.58. The van der Waals surface area contributed by atoms with Gasteiger partial charge in [-0.3, -0.25) is 24.3 Å².